The average molecular weight is 240 g/mol. The Morgan fingerprint density at radius 1 is 1.41 bits per heavy atom. The minimum atomic E-state index is -0.256. The van der Waals surface area contributed by atoms with Crippen molar-refractivity contribution in [2.75, 3.05) is 20.3 Å². The molecule has 0 aliphatic rings. The number of hydrogen-bond acceptors (Lipinski definition) is 3. The van der Waals surface area contributed by atoms with Crippen LogP contribution in [0.1, 0.15) is 5.56 Å². The first kappa shape index (κ1) is 13.4. The summed E-state index contributed by atoms with van der Waals surface area (Å²) in [5.74, 6) is 5.52. The Hall–Kier alpha value is -1.66. The van der Waals surface area contributed by atoms with E-state index >= 15 is 0 Å². The standard InChI is InChI=1S/C11H17FN4O/c1-17-7-6-14-11(16-13)15-8-9-2-4-10(12)5-3-9/h2-5H,6-8,13H2,1H3,(H2,14,15,16). The summed E-state index contributed by atoms with van der Waals surface area (Å²) in [6.07, 6.45) is 0. The van der Waals surface area contributed by atoms with Gasteiger partial charge < -0.3 is 10.1 Å². The molecule has 0 atom stereocenters. The first-order chi connectivity index (χ1) is 8.26. The molecule has 6 heteroatoms. The fourth-order valence-electron chi connectivity index (χ4n) is 1.18. The maximum absolute atomic E-state index is 12.7. The number of benzene rings is 1. The molecule has 0 aliphatic heterocycles. The first-order valence-corrected chi connectivity index (χ1v) is 5.24. The molecule has 1 aromatic rings. The number of nitrogens with zero attached hydrogens (tertiary/aromatic N) is 1. The lowest BCUT2D eigenvalue weighted by Gasteiger charge is -2.08. The lowest BCUT2D eigenvalue weighted by Crippen LogP contribution is -2.42. The van der Waals surface area contributed by atoms with Crippen LogP contribution in [-0.4, -0.2) is 26.2 Å². The van der Waals surface area contributed by atoms with E-state index in [9.17, 15) is 4.39 Å². The molecule has 0 amide bonds. The minimum Gasteiger partial charge on any atom is -0.383 e. The van der Waals surface area contributed by atoms with Gasteiger partial charge in [0.25, 0.3) is 0 Å². The van der Waals surface area contributed by atoms with Crippen molar-refractivity contribution >= 4 is 5.96 Å². The van der Waals surface area contributed by atoms with E-state index in [-0.39, 0.29) is 5.82 Å². The molecule has 17 heavy (non-hydrogen) atoms. The smallest absolute Gasteiger partial charge is 0.206 e. The first-order valence-electron chi connectivity index (χ1n) is 5.24. The Kier molecular flexibility index (Phi) is 5.98. The molecule has 0 radical (unpaired) electrons. The van der Waals surface area contributed by atoms with Crippen LogP contribution >= 0.6 is 0 Å². The van der Waals surface area contributed by atoms with Gasteiger partial charge in [0.05, 0.1) is 13.2 Å². The van der Waals surface area contributed by atoms with Gasteiger partial charge in [0.15, 0.2) is 0 Å². The SMILES string of the molecule is COCCNC(=NCc1ccc(F)cc1)NN. The van der Waals surface area contributed by atoms with Gasteiger partial charge in [-0.25, -0.2) is 15.2 Å². The summed E-state index contributed by atoms with van der Waals surface area (Å²) in [7, 11) is 1.62. The number of nitrogens with one attached hydrogen (secondary N) is 2. The van der Waals surface area contributed by atoms with E-state index in [0.717, 1.165) is 5.56 Å². The molecule has 0 fully saturated rings. The van der Waals surface area contributed by atoms with Crippen LogP contribution in [0.3, 0.4) is 0 Å². The summed E-state index contributed by atoms with van der Waals surface area (Å²) in [5.41, 5.74) is 3.36. The molecular weight excluding hydrogens is 223 g/mol. The molecule has 4 N–H and O–H groups in total. The van der Waals surface area contributed by atoms with Crippen molar-refractivity contribution < 1.29 is 9.13 Å². The predicted molar refractivity (Wildman–Crippen MR) is 64.7 cm³/mol. The molecule has 0 spiro atoms. The lowest BCUT2D eigenvalue weighted by molar-refractivity contribution is 0.203. The van der Waals surface area contributed by atoms with Gasteiger partial charge in [-0.3, -0.25) is 5.43 Å². The normalized spacial score (nSPS) is 11.4. The van der Waals surface area contributed by atoms with Crippen molar-refractivity contribution in [1.82, 2.24) is 10.7 Å². The second-order valence-corrected chi connectivity index (χ2v) is 3.36. The molecule has 0 bridgehead atoms. The van der Waals surface area contributed by atoms with Gasteiger partial charge in [-0.15, -0.1) is 0 Å². The molecule has 0 aromatic heterocycles. The zero-order chi connectivity index (χ0) is 12.5. The Morgan fingerprint density at radius 3 is 2.71 bits per heavy atom. The Labute approximate surface area is 99.8 Å². The van der Waals surface area contributed by atoms with Gasteiger partial charge in [-0.1, -0.05) is 12.1 Å². The van der Waals surface area contributed by atoms with Gasteiger partial charge in [0.2, 0.25) is 5.96 Å². The van der Waals surface area contributed by atoms with E-state index in [4.69, 9.17) is 10.6 Å². The summed E-state index contributed by atoms with van der Waals surface area (Å²) in [6.45, 7) is 1.61. The highest BCUT2D eigenvalue weighted by Gasteiger charge is 1.96. The number of guanidine groups is 1. The van der Waals surface area contributed by atoms with Crippen LogP contribution in [0, 0.1) is 5.82 Å². The van der Waals surface area contributed by atoms with Gasteiger partial charge in [-0.2, -0.15) is 0 Å². The number of hydrogen-bond donors (Lipinski definition) is 3. The van der Waals surface area contributed by atoms with Crippen LogP contribution in [0.15, 0.2) is 29.3 Å². The number of halogens is 1. The van der Waals surface area contributed by atoms with Crippen LogP contribution in [0.2, 0.25) is 0 Å². The second kappa shape index (κ2) is 7.59. The molecule has 0 heterocycles. The van der Waals surface area contributed by atoms with Gasteiger partial charge in [0, 0.05) is 13.7 Å². The van der Waals surface area contributed by atoms with E-state index in [2.05, 4.69) is 15.7 Å². The summed E-state index contributed by atoms with van der Waals surface area (Å²) in [4.78, 5) is 4.21. The highest BCUT2D eigenvalue weighted by atomic mass is 19.1. The molecule has 5 nitrogen and oxygen atoms in total. The zero-order valence-corrected chi connectivity index (χ0v) is 9.74. The Morgan fingerprint density at radius 2 is 2.12 bits per heavy atom. The summed E-state index contributed by atoms with van der Waals surface area (Å²) in [6, 6.07) is 6.17. The van der Waals surface area contributed by atoms with Crippen molar-refractivity contribution in [3.63, 3.8) is 0 Å². The molecule has 0 saturated heterocycles. The maximum atomic E-state index is 12.7. The summed E-state index contributed by atoms with van der Waals surface area (Å²) >= 11 is 0. The molecule has 94 valence electrons. The van der Waals surface area contributed by atoms with Crippen LogP contribution in [-0.2, 0) is 11.3 Å². The number of rotatable bonds is 5. The van der Waals surface area contributed by atoms with E-state index in [0.29, 0.717) is 25.7 Å². The predicted octanol–water partition coefficient (Wildman–Crippen LogP) is 0.381. The number of methoxy groups -OCH3 is 1. The lowest BCUT2D eigenvalue weighted by atomic mass is 10.2. The summed E-state index contributed by atoms with van der Waals surface area (Å²) < 4.78 is 17.5. The van der Waals surface area contributed by atoms with E-state index in [1.54, 1.807) is 19.2 Å². The van der Waals surface area contributed by atoms with Gasteiger partial charge >= 0.3 is 0 Å². The molecule has 1 aromatic carbocycles. The van der Waals surface area contributed by atoms with Crippen LogP contribution in [0.25, 0.3) is 0 Å². The van der Waals surface area contributed by atoms with Crippen molar-refractivity contribution in [1.29, 1.82) is 0 Å². The highest BCUT2D eigenvalue weighted by Crippen LogP contribution is 2.03. The van der Waals surface area contributed by atoms with E-state index in [1.807, 2.05) is 0 Å². The fourth-order valence-corrected chi connectivity index (χ4v) is 1.18. The largest absolute Gasteiger partial charge is 0.383 e. The quantitative estimate of drug-likeness (QED) is 0.229. The average Bonchev–Trinajstić information content (AvgIpc) is 2.35. The molecule has 0 saturated carbocycles. The number of ether oxygens (including phenoxy) is 1. The second-order valence-electron chi connectivity index (χ2n) is 3.36. The van der Waals surface area contributed by atoms with Crippen LogP contribution in [0.4, 0.5) is 4.39 Å². The van der Waals surface area contributed by atoms with Crippen molar-refractivity contribution in [3.8, 4) is 0 Å². The minimum absolute atomic E-state index is 0.256. The molecule has 1 rings (SSSR count). The monoisotopic (exact) mass is 240 g/mol. The van der Waals surface area contributed by atoms with Crippen molar-refractivity contribution in [2.45, 2.75) is 6.54 Å². The number of hydrazine groups is 1. The molecular formula is C11H17FN4O. The van der Waals surface area contributed by atoms with Gasteiger partial charge in [-0.05, 0) is 17.7 Å². The third-order valence-corrected chi connectivity index (χ3v) is 2.07. The Bertz CT molecular complexity index is 353. The van der Waals surface area contributed by atoms with E-state index < -0.39 is 0 Å². The van der Waals surface area contributed by atoms with Crippen molar-refractivity contribution in [2.24, 2.45) is 10.8 Å². The van der Waals surface area contributed by atoms with Crippen molar-refractivity contribution in [3.05, 3.63) is 35.6 Å². The molecule has 0 unspecified atom stereocenters. The third-order valence-electron chi connectivity index (χ3n) is 2.07. The topological polar surface area (TPSA) is 71.7 Å². The maximum Gasteiger partial charge on any atom is 0.206 e. The summed E-state index contributed by atoms with van der Waals surface area (Å²) in [5, 5.41) is 2.97. The highest BCUT2D eigenvalue weighted by molar-refractivity contribution is 5.79. The van der Waals surface area contributed by atoms with Crippen LogP contribution in [0.5, 0.6) is 0 Å². The number of aliphatic imine (C=N–C) groups is 1. The van der Waals surface area contributed by atoms with Crippen LogP contribution < -0.4 is 16.6 Å². The fraction of sp³-hybridized carbons (Fsp3) is 0.364. The zero-order valence-electron chi connectivity index (χ0n) is 9.74. The number of nitrogens with two attached hydrogens (primary N) is 1. The van der Waals surface area contributed by atoms with E-state index in [1.165, 1.54) is 12.1 Å². The Balaban J connectivity index is 2.46. The third kappa shape index (κ3) is 5.28. The molecule has 0 aliphatic carbocycles. The van der Waals surface area contributed by atoms with Gasteiger partial charge in [0.1, 0.15) is 5.82 Å².